The summed E-state index contributed by atoms with van der Waals surface area (Å²) in [6.45, 7) is 0.982. The normalized spacial score (nSPS) is 10.1. The Kier molecular flexibility index (Phi) is 8.22. The number of carbonyl (C=O) groups excluding carboxylic acids is 2. The van der Waals surface area contributed by atoms with E-state index in [1.807, 2.05) is 24.3 Å². The van der Waals surface area contributed by atoms with Crippen LogP contribution >= 0.6 is 25.3 Å². The third-order valence-corrected chi connectivity index (χ3v) is 3.10. The van der Waals surface area contributed by atoms with E-state index in [2.05, 4.69) is 35.9 Å². The molecule has 0 spiro atoms. The molecular formula is C14H20N2O2S2. The fourth-order valence-electron chi connectivity index (χ4n) is 1.63. The van der Waals surface area contributed by atoms with Gasteiger partial charge in [-0.25, -0.2) is 0 Å². The molecule has 0 aliphatic heterocycles. The molecule has 0 saturated carbocycles. The highest BCUT2D eigenvalue weighted by atomic mass is 32.1. The molecule has 1 rings (SSSR count). The maximum atomic E-state index is 11.4. The average Bonchev–Trinajstić information content (AvgIpc) is 2.44. The van der Waals surface area contributed by atoms with Gasteiger partial charge in [-0.3, -0.25) is 9.59 Å². The van der Waals surface area contributed by atoms with Gasteiger partial charge in [0.15, 0.2) is 0 Å². The van der Waals surface area contributed by atoms with Gasteiger partial charge in [0.1, 0.15) is 0 Å². The average molecular weight is 312 g/mol. The number of rotatable bonds is 8. The Morgan fingerprint density at radius 1 is 0.900 bits per heavy atom. The van der Waals surface area contributed by atoms with E-state index >= 15 is 0 Å². The van der Waals surface area contributed by atoms with Crippen molar-refractivity contribution < 1.29 is 9.59 Å². The minimum absolute atomic E-state index is 0.00696. The van der Waals surface area contributed by atoms with Crippen molar-refractivity contribution in [3.05, 3.63) is 35.4 Å². The summed E-state index contributed by atoms with van der Waals surface area (Å²) in [5, 5.41) is 5.65. The van der Waals surface area contributed by atoms with Crippen molar-refractivity contribution in [2.45, 2.75) is 25.9 Å². The lowest BCUT2D eigenvalue weighted by atomic mass is 10.1. The summed E-state index contributed by atoms with van der Waals surface area (Å²) >= 11 is 8.03. The highest BCUT2D eigenvalue weighted by Gasteiger charge is 2.02. The van der Waals surface area contributed by atoms with Crippen molar-refractivity contribution >= 4 is 37.1 Å². The van der Waals surface area contributed by atoms with Crippen LogP contribution in [0.4, 0.5) is 0 Å². The van der Waals surface area contributed by atoms with Crippen molar-refractivity contribution in [3.63, 3.8) is 0 Å². The van der Waals surface area contributed by atoms with Crippen molar-refractivity contribution in [2.75, 3.05) is 11.5 Å². The van der Waals surface area contributed by atoms with Crippen LogP contribution in [0.5, 0.6) is 0 Å². The number of carbonyl (C=O) groups is 2. The molecule has 2 amide bonds. The molecule has 0 radical (unpaired) electrons. The van der Waals surface area contributed by atoms with Gasteiger partial charge in [-0.2, -0.15) is 25.3 Å². The van der Waals surface area contributed by atoms with Gasteiger partial charge in [0.05, 0.1) is 0 Å². The zero-order valence-electron chi connectivity index (χ0n) is 11.3. The SMILES string of the molecule is O=C(CCS)NCc1cccc(CNC(=O)CCS)c1. The van der Waals surface area contributed by atoms with Gasteiger partial charge in [-0.1, -0.05) is 24.3 Å². The highest BCUT2D eigenvalue weighted by Crippen LogP contribution is 2.05. The summed E-state index contributed by atoms with van der Waals surface area (Å²) in [4.78, 5) is 22.7. The summed E-state index contributed by atoms with van der Waals surface area (Å²) in [7, 11) is 0. The molecule has 0 bridgehead atoms. The largest absolute Gasteiger partial charge is 0.352 e. The standard InChI is InChI=1S/C14H20N2O2S2/c17-13(4-6-19)15-9-11-2-1-3-12(8-11)10-16-14(18)5-7-20/h1-3,8,19-20H,4-7,9-10H2,(H,15,17)(H,16,18). The third-order valence-electron chi connectivity index (χ3n) is 2.65. The Labute approximate surface area is 130 Å². The predicted octanol–water partition coefficient (Wildman–Crippen LogP) is 1.56. The lowest BCUT2D eigenvalue weighted by Crippen LogP contribution is -2.24. The molecule has 0 heterocycles. The fourth-order valence-corrected chi connectivity index (χ4v) is 2.04. The second-order valence-corrected chi connectivity index (χ2v) is 5.22. The number of thiol groups is 2. The highest BCUT2D eigenvalue weighted by molar-refractivity contribution is 7.80. The van der Waals surface area contributed by atoms with Gasteiger partial charge in [-0.05, 0) is 22.6 Å². The lowest BCUT2D eigenvalue weighted by molar-refractivity contribution is -0.121. The molecule has 0 aromatic heterocycles. The van der Waals surface area contributed by atoms with Gasteiger partial charge in [0, 0.05) is 25.9 Å². The van der Waals surface area contributed by atoms with Crippen LogP contribution in [0.3, 0.4) is 0 Å². The van der Waals surface area contributed by atoms with Crippen molar-refractivity contribution in [1.29, 1.82) is 0 Å². The summed E-state index contributed by atoms with van der Waals surface area (Å²) in [6, 6.07) is 7.78. The third kappa shape index (κ3) is 6.86. The monoisotopic (exact) mass is 312 g/mol. The first-order valence-corrected chi connectivity index (χ1v) is 7.75. The van der Waals surface area contributed by atoms with Crippen molar-refractivity contribution in [2.24, 2.45) is 0 Å². The van der Waals surface area contributed by atoms with Gasteiger partial charge in [-0.15, -0.1) is 0 Å². The minimum Gasteiger partial charge on any atom is -0.352 e. The van der Waals surface area contributed by atoms with E-state index < -0.39 is 0 Å². The number of benzene rings is 1. The Morgan fingerprint density at radius 3 is 1.75 bits per heavy atom. The van der Waals surface area contributed by atoms with E-state index in [-0.39, 0.29) is 11.8 Å². The van der Waals surface area contributed by atoms with Crippen LogP contribution in [0.25, 0.3) is 0 Å². The minimum atomic E-state index is -0.00696. The molecule has 1 aromatic carbocycles. The fraction of sp³-hybridized carbons (Fsp3) is 0.429. The molecule has 0 aliphatic rings. The number of hydrogen-bond acceptors (Lipinski definition) is 4. The number of nitrogens with one attached hydrogen (secondary N) is 2. The Hall–Kier alpha value is -1.14. The van der Waals surface area contributed by atoms with Gasteiger partial charge in [0.25, 0.3) is 0 Å². The molecule has 0 saturated heterocycles. The topological polar surface area (TPSA) is 58.2 Å². The second kappa shape index (κ2) is 9.72. The molecule has 0 atom stereocenters. The van der Waals surface area contributed by atoms with Crippen molar-refractivity contribution in [1.82, 2.24) is 10.6 Å². The first-order valence-electron chi connectivity index (χ1n) is 6.48. The Bertz CT molecular complexity index is 415. The molecular weight excluding hydrogens is 292 g/mol. The van der Waals surface area contributed by atoms with Crippen LogP contribution in [0, 0.1) is 0 Å². The van der Waals surface area contributed by atoms with E-state index in [1.165, 1.54) is 0 Å². The van der Waals surface area contributed by atoms with Crippen LogP contribution < -0.4 is 10.6 Å². The Morgan fingerprint density at radius 2 is 1.35 bits per heavy atom. The first kappa shape index (κ1) is 16.9. The zero-order chi connectivity index (χ0) is 14.8. The Balaban J connectivity index is 2.45. The van der Waals surface area contributed by atoms with Gasteiger partial charge >= 0.3 is 0 Å². The quantitative estimate of drug-likeness (QED) is 0.551. The van der Waals surface area contributed by atoms with Gasteiger partial charge in [0.2, 0.25) is 11.8 Å². The van der Waals surface area contributed by atoms with Crippen molar-refractivity contribution in [3.8, 4) is 0 Å². The van der Waals surface area contributed by atoms with E-state index in [0.29, 0.717) is 37.4 Å². The van der Waals surface area contributed by atoms with E-state index in [1.54, 1.807) is 0 Å². The lowest BCUT2D eigenvalue weighted by Gasteiger charge is -2.08. The number of hydrogen-bond donors (Lipinski definition) is 4. The summed E-state index contributed by atoms with van der Waals surface area (Å²) < 4.78 is 0. The molecule has 4 nitrogen and oxygen atoms in total. The maximum absolute atomic E-state index is 11.4. The summed E-state index contributed by atoms with van der Waals surface area (Å²) in [5.74, 6) is 1.08. The van der Waals surface area contributed by atoms with Crippen LogP contribution in [0.2, 0.25) is 0 Å². The second-order valence-electron chi connectivity index (χ2n) is 4.32. The molecule has 1 aromatic rings. The molecule has 0 fully saturated rings. The van der Waals surface area contributed by atoms with Gasteiger partial charge < -0.3 is 10.6 Å². The molecule has 0 unspecified atom stereocenters. The smallest absolute Gasteiger partial charge is 0.221 e. The molecule has 110 valence electrons. The zero-order valence-corrected chi connectivity index (χ0v) is 13.1. The van der Waals surface area contributed by atoms with Crippen LogP contribution in [0.15, 0.2) is 24.3 Å². The first-order chi connectivity index (χ1) is 9.65. The summed E-state index contributed by atoms with van der Waals surface area (Å²) in [5.41, 5.74) is 2.02. The molecule has 20 heavy (non-hydrogen) atoms. The van der Waals surface area contributed by atoms with E-state index in [0.717, 1.165) is 11.1 Å². The predicted molar refractivity (Wildman–Crippen MR) is 87.1 cm³/mol. The molecule has 2 N–H and O–H groups in total. The maximum Gasteiger partial charge on any atom is 0.221 e. The van der Waals surface area contributed by atoms with Crippen LogP contribution in [0.1, 0.15) is 24.0 Å². The summed E-state index contributed by atoms with van der Waals surface area (Å²) in [6.07, 6.45) is 0.838. The molecule has 0 aliphatic carbocycles. The van der Waals surface area contributed by atoms with E-state index in [9.17, 15) is 9.59 Å². The van der Waals surface area contributed by atoms with Crippen LogP contribution in [-0.2, 0) is 22.7 Å². The molecule has 6 heteroatoms. The number of amides is 2. The van der Waals surface area contributed by atoms with Crippen LogP contribution in [-0.4, -0.2) is 23.3 Å². The van der Waals surface area contributed by atoms with E-state index in [4.69, 9.17) is 0 Å².